The second kappa shape index (κ2) is 5.96. The van der Waals surface area contributed by atoms with Gasteiger partial charge in [-0.15, -0.1) is 0 Å². The highest BCUT2D eigenvalue weighted by atomic mass is 19.4. The molecule has 126 valence electrons. The summed E-state index contributed by atoms with van der Waals surface area (Å²) in [6.07, 6.45) is -3.95. The van der Waals surface area contributed by atoms with Gasteiger partial charge in [-0.2, -0.15) is 13.2 Å². The molecule has 0 spiro atoms. The Balaban J connectivity index is 1.76. The molecule has 3 rings (SSSR count). The van der Waals surface area contributed by atoms with Gasteiger partial charge in [-0.25, -0.2) is 0 Å². The van der Waals surface area contributed by atoms with Crippen LogP contribution in [0.5, 0.6) is 0 Å². The average Bonchev–Trinajstić information content (AvgIpc) is 3.31. The molecule has 2 atom stereocenters. The number of rotatable bonds is 3. The molecule has 2 nitrogen and oxygen atoms in total. The van der Waals surface area contributed by atoms with Crippen LogP contribution in [-0.2, 0) is 11.0 Å². The fourth-order valence-electron chi connectivity index (χ4n) is 3.02. The van der Waals surface area contributed by atoms with Crippen LogP contribution in [0.3, 0.4) is 0 Å². The van der Waals surface area contributed by atoms with Crippen LogP contribution < -0.4 is 5.32 Å². The van der Waals surface area contributed by atoms with Crippen LogP contribution in [0.2, 0.25) is 0 Å². The Bertz CT molecular complexity index is 782. The van der Waals surface area contributed by atoms with Gasteiger partial charge in [0.15, 0.2) is 0 Å². The first-order valence-corrected chi connectivity index (χ1v) is 7.82. The zero-order valence-corrected chi connectivity index (χ0v) is 13.4. The van der Waals surface area contributed by atoms with Gasteiger partial charge < -0.3 is 5.32 Å². The predicted molar refractivity (Wildman–Crippen MR) is 86.8 cm³/mol. The Morgan fingerprint density at radius 3 is 2.50 bits per heavy atom. The number of amides is 1. The lowest BCUT2D eigenvalue weighted by Gasteiger charge is -2.13. The molecule has 2 unspecified atom stereocenters. The summed E-state index contributed by atoms with van der Waals surface area (Å²) in [5.41, 5.74) is 2.32. The van der Waals surface area contributed by atoms with Crippen molar-refractivity contribution in [2.45, 2.75) is 32.4 Å². The van der Waals surface area contributed by atoms with Gasteiger partial charge in [0.05, 0.1) is 5.56 Å². The number of benzene rings is 2. The molecular formula is C19H18F3NO. The number of aryl methyl sites for hydroxylation is 1. The van der Waals surface area contributed by atoms with Gasteiger partial charge in [0.1, 0.15) is 0 Å². The van der Waals surface area contributed by atoms with Gasteiger partial charge in [-0.05, 0) is 55.0 Å². The van der Waals surface area contributed by atoms with Crippen molar-refractivity contribution in [3.63, 3.8) is 0 Å². The van der Waals surface area contributed by atoms with Crippen LogP contribution in [0, 0.1) is 19.8 Å². The molecule has 1 fully saturated rings. The third kappa shape index (κ3) is 3.16. The second-order valence-corrected chi connectivity index (χ2v) is 6.27. The minimum Gasteiger partial charge on any atom is -0.326 e. The zero-order valence-electron chi connectivity index (χ0n) is 13.4. The van der Waals surface area contributed by atoms with Gasteiger partial charge in [0, 0.05) is 11.6 Å². The zero-order chi connectivity index (χ0) is 17.5. The SMILES string of the molecule is Cc1cccc(NC(=O)C2CC2c2ccccc2C(F)(F)F)c1C. The van der Waals surface area contributed by atoms with Crippen molar-refractivity contribution in [2.24, 2.45) is 5.92 Å². The van der Waals surface area contributed by atoms with Crippen LogP contribution in [-0.4, -0.2) is 5.91 Å². The van der Waals surface area contributed by atoms with E-state index in [0.717, 1.165) is 22.9 Å². The van der Waals surface area contributed by atoms with E-state index < -0.39 is 17.7 Å². The molecule has 1 saturated carbocycles. The normalized spacial score (nSPS) is 19.9. The van der Waals surface area contributed by atoms with Crippen LogP contribution in [0.15, 0.2) is 42.5 Å². The first-order valence-electron chi connectivity index (χ1n) is 7.82. The molecule has 0 aliphatic heterocycles. The minimum absolute atomic E-state index is 0.214. The summed E-state index contributed by atoms with van der Waals surface area (Å²) in [5.74, 6) is -0.993. The smallest absolute Gasteiger partial charge is 0.326 e. The summed E-state index contributed by atoms with van der Waals surface area (Å²) in [4.78, 5) is 12.4. The fraction of sp³-hybridized carbons (Fsp3) is 0.316. The standard InChI is InChI=1S/C19H18F3NO/c1-11-6-5-9-17(12(11)2)23-18(24)15-10-14(15)13-7-3-4-8-16(13)19(20,21)22/h3-9,14-15H,10H2,1-2H3,(H,23,24). The number of nitrogens with one attached hydrogen (secondary N) is 1. The van der Waals surface area contributed by atoms with Gasteiger partial charge in [0.25, 0.3) is 0 Å². The summed E-state index contributed by atoms with van der Waals surface area (Å²) in [7, 11) is 0. The van der Waals surface area contributed by atoms with E-state index in [2.05, 4.69) is 5.32 Å². The van der Waals surface area contributed by atoms with E-state index in [0.29, 0.717) is 6.42 Å². The molecular weight excluding hydrogens is 315 g/mol. The molecule has 1 amide bonds. The average molecular weight is 333 g/mol. The molecule has 0 radical (unpaired) electrons. The van der Waals surface area contributed by atoms with Gasteiger partial charge in [-0.1, -0.05) is 30.3 Å². The number of hydrogen-bond donors (Lipinski definition) is 1. The maximum Gasteiger partial charge on any atom is 0.416 e. The highest BCUT2D eigenvalue weighted by Gasteiger charge is 2.47. The molecule has 1 N–H and O–H groups in total. The van der Waals surface area contributed by atoms with E-state index in [1.165, 1.54) is 12.1 Å². The summed E-state index contributed by atoms with van der Waals surface area (Å²) >= 11 is 0. The molecule has 24 heavy (non-hydrogen) atoms. The first-order chi connectivity index (χ1) is 11.3. The lowest BCUT2D eigenvalue weighted by Crippen LogP contribution is -2.16. The summed E-state index contributed by atoms with van der Waals surface area (Å²) in [5, 5.41) is 2.85. The summed E-state index contributed by atoms with van der Waals surface area (Å²) in [6.45, 7) is 3.86. The molecule has 0 bridgehead atoms. The van der Waals surface area contributed by atoms with Gasteiger partial charge in [-0.3, -0.25) is 4.79 Å². The highest BCUT2D eigenvalue weighted by molar-refractivity contribution is 5.96. The van der Waals surface area contributed by atoms with Crippen molar-refractivity contribution >= 4 is 11.6 Å². The second-order valence-electron chi connectivity index (χ2n) is 6.27. The maximum atomic E-state index is 13.1. The summed E-state index contributed by atoms with van der Waals surface area (Å²) < 4.78 is 39.3. The number of halogens is 3. The molecule has 2 aromatic rings. The Kier molecular flexibility index (Phi) is 4.11. The number of alkyl halides is 3. The van der Waals surface area contributed by atoms with E-state index in [9.17, 15) is 18.0 Å². The number of carbonyl (C=O) groups is 1. The third-order valence-corrected chi connectivity index (χ3v) is 4.66. The van der Waals surface area contributed by atoms with Crippen molar-refractivity contribution in [3.05, 3.63) is 64.7 Å². The molecule has 2 aromatic carbocycles. The lowest BCUT2D eigenvalue weighted by atomic mass is 10.0. The minimum atomic E-state index is -4.40. The molecule has 0 aromatic heterocycles. The quantitative estimate of drug-likeness (QED) is 0.835. The Morgan fingerprint density at radius 2 is 1.79 bits per heavy atom. The van der Waals surface area contributed by atoms with Gasteiger partial charge >= 0.3 is 6.18 Å². The van der Waals surface area contributed by atoms with Crippen LogP contribution in [0.4, 0.5) is 18.9 Å². The van der Waals surface area contributed by atoms with Gasteiger partial charge in [0.2, 0.25) is 5.91 Å². The van der Waals surface area contributed by atoms with E-state index in [1.54, 1.807) is 12.1 Å². The van der Waals surface area contributed by atoms with Crippen molar-refractivity contribution in [2.75, 3.05) is 5.32 Å². The number of hydrogen-bond acceptors (Lipinski definition) is 1. The predicted octanol–water partition coefficient (Wildman–Crippen LogP) is 5.06. The topological polar surface area (TPSA) is 29.1 Å². The molecule has 1 aliphatic rings. The first kappa shape index (κ1) is 16.6. The third-order valence-electron chi connectivity index (χ3n) is 4.66. The number of carbonyl (C=O) groups excluding carboxylic acids is 1. The number of anilines is 1. The van der Waals surface area contributed by atoms with E-state index in [-0.39, 0.29) is 17.4 Å². The Hall–Kier alpha value is -2.30. The van der Waals surface area contributed by atoms with Crippen molar-refractivity contribution < 1.29 is 18.0 Å². The largest absolute Gasteiger partial charge is 0.416 e. The molecule has 1 aliphatic carbocycles. The van der Waals surface area contributed by atoms with E-state index in [1.807, 2.05) is 26.0 Å². The van der Waals surface area contributed by atoms with Crippen molar-refractivity contribution in [1.29, 1.82) is 0 Å². The van der Waals surface area contributed by atoms with Crippen molar-refractivity contribution in [3.8, 4) is 0 Å². The van der Waals surface area contributed by atoms with Crippen LogP contribution in [0.1, 0.15) is 34.6 Å². The monoisotopic (exact) mass is 333 g/mol. The van der Waals surface area contributed by atoms with Crippen molar-refractivity contribution in [1.82, 2.24) is 0 Å². The van der Waals surface area contributed by atoms with E-state index >= 15 is 0 Å². The summed E-state index contributed by atoms with van der Waals surface area (Å²) in [6, 6.07) is 11.1. The lowest BCUT2D eigenvalue weighted by molar-refractivity contribution is -0.138. The maximum absolute atomic E-state index is 13.1. The molecule has 0 saturated heterocycles. The Morgan fingerprint density at radius 1 is 1.08 bits per heavy atom. The Labute approximate surface area is 138 Å². The highest BCUT2D eigenvalue weighted by Crippen LogP contribution is 2.51. The fourth-order valence-corrected chi connectivity index (χ4v) is 3.02. The van der Waals surface area contributed by atoms with Crippen LogP contribution in [0.25, 0.3) is 0 Å². The molecule has 5 heteroatoms. The molecule has 0 heterocycles. The van der Waals surface area contributed by atoms with Crippen LogP contribution >= 0.6 is 0 Å². The van der Waals surface area contributed by atoms with E-state index in [4.69, 9.17) is 0 Å².